The van der Waals surface area contributed by atoms with Crippen LogP contribution in [0.5, 0.6) is 0 Å². The number of nitrogens with zero attached hydrogens (tertiary/aromatic N) is 1. The van der Waals surface area contributed by atoms with Crippen LogP contribution in [0.15, 0.2) is 18.2 Å². The topological polar surface area (TPSA) is 60.2 Å². The Labute approximate surface area is 82.5 Å². The van der Waals surface area contributed by atoms with Crippen LogP contribution in [-0.2, 0) is 6.32 Å². The Morgan fingerprint density at radius 2 is 2.14 bits per heavy atom. The monoisotopic (exact) mass is 191 g/mol. The van der Waals surface area contributed by atoms with Crippen LogP contribution in [0.3, 0.4) is 0 Å². The number of Topliss-reactive ketones (excluding diaryl/α,β-unsaturated/α-hetero) is 1. The van der Waals surface area contributed by atoms with Crippen molar-refractivity contribution >= 4 is 19.3 Å². The molecule has 0 saturated carbocycles. The van der Waals surface area contributed by atoms with E-state index in [2.05, 4.69) is 0 Å². The maximum atomic E-state index is 11.1. The summed E-state index contributed by atoms with van der Waals surface area (Å²) in [5, 5.41) is 10.5. The third-order valence-corrected chi connectivity index (χ3v) is 2.00. The summed E-state index contributed by atoms with van der Waals surface area (Å²) in [4.78, 5) is 21.1. The lowest BCUT2D eigenvalue weighted by Crippen LogP contribution is -1.98. The molecule has 14 heavy (non-hydrogen) atoms. The summed E-state index contributed by atoms with van der Waals surface area (Å²) >= 11 is 0. The van der Waals surface area contributed by atoms with E-state index >= 15 is 0 Å². The van der Waals surface area contributed by atoms with Crippen LogP contribution >= 0.6 is 0 Å². The molecule has 0 aliphatic carbocycles. The highest BCUT2D eigenvalue weighted by molar-refractivity contribution is 6.08. The van der Waals surface area contributed by atoms with E-state index in [0.717, 1.165) is 5.56 Å². The number of nitro benzene ring substituents is 1. The first-order chi connectivity index (χ1) is 6.54. The number of carbonyl (C=O) groups is 1. The average molecular weight is 191 g/mol. The lowest BCUT2D eigenvalue weighted by atomic mass is 9.94. The molecule has 0 radical (unpaired) electrons. The number of non-ortho nitro benzene ring substituents is 1. The van der Waals surface area contributed by atoms with Crippen LogP contribution in [0, 0.1) is 10.1 Å². The van der Waals surface area contributed by atoms with Crippen molar-refractivity contribution in [2.24, 2.45) is 0 Å². The maximum absolute atomic E-state index is 11.1. The smallest absolute Gasteiger partial charge is 0.270 e. The Morgan fingerprint density at radius 1 is 1.50 bits per heavy atom. The lowest BCUT2D eigenvalue weighted by molar-refractivity contribution is -0.384. The molecule has 0 amide bonds. The van der Waals surface area contributed by atoms with Gasteiger partial charge < -0.3 is 0 Å². The van der Waals surface area contributed by atoms with Gasteiger partial charge in [0, 0.05) is 17.7 Å². The molecule has 1 rings (SSSR count). The van der Waals surface area contributed by atoms with Gasteiger partial charge in [0.2, 0.25) is 0 Å². The summed E-state index contributed by atoms with van der Waals surface area (Å²) in [6.07, 6.45) is 0.682. The molecule has 0 aromatic heterocycles. The minimum absolute atomic E-state index is 0.0189. The largest absolute Gasteiger partial charge is 0.295 e. The van der Waals surface area contributed by atoms with Crippen molar-refractivity contribution in [1.82, 2.24) is 0 Å². The highest BCUT2D eigenvalue weighted by Gasteiger charge is 2.10. The zero-order valence-corrected chi connectivity index (χ0v) is 8.11. The van der Waals surface area contributed by atoms with Crippen molar-refractivity contribution in [3.63, 3.8) is 0 Å². The van der Waals surface area contributed by atoms with Crippen molar-refractivity contribution < 1.29 is 9.72 Å². The van der Waals surface area contributed by atoms with Gasteiger partial charge in [0.25, 0.3) is 5.69 Å². The van der Waals surface area contributed by atoms with Crippen LogP contribution in [0.1, 0.15) is 22.8 Å². The summed E-state index contributed by atoms with van der Waals surface area (Å²) in [5.74, 6) is -0.150. The van der Waals surface area contributed by atoms with E-state index in [-0.39, 0.29) is 11.5 Å². The molecule has 0 aliphatic heterocycles. The Balaban J connectivity index is 3.27. The first kappa shape index (κ1) is 10.4. The molecule has 0 heterocycles. The molecule has 0 N–H and O–H groups in total. The van der Waals surface area contributed by atoms with Crippen molar-refractivity contribution in [3.05, 3.63) is 39.4 Å². The van der Waals surface area contributed by atoms with Gasteiger partial charge in [0.15, 0.2) is 5.78 Å². The summed E-state index contributed by atoms with van der Waals surface area (Å²) < 4.78 is 0. The summed E-state index contributed by atoms with van der Waals surface area (Å²) in [7, 11) is 1.89. The van der Waals surface area contributed by atoms with E-state index in [4.69, 9.17) is 0 Å². The third-order valence-electron chi connectivity index (χ3n) is 2.00. The van der Waals surface area contributed by atoms with Gasteiger partial charge in [-0.3, -0.25) is 14.9 Å². The average Bonchev–Trinajstić information content (AvgIpc) is 2.16. The van der Waals surface area contributed by atoms with Crippen molar-refractivity contribution in [2.75, 3.05) is 0 Å². The van der Waals surface area contributed by atoms with E-state index in [1.54, 1.807) is 6.07 Å². The number of rotatable bonds is 3. The van der Waals surface area contributed by atoms with Gasteiger partial charge in [0.05, 0.1) is 4.92 Å². The number of nitro groups is 1. The summed E-state index contributed by atoms with van der Waals surface area (Å²) in [6.45, 7) is 1.40. The molecular weight excluding hydrogens is 181 g/mol. The first-order valence-corrected chi connectivity index (χ1v) is 4.34. The van der Waals surface area contributed by atoms with Gasteiger partial charge in [-0.1, -0.05) is 6.32 Å². The predicted octanol–water partition coefficient (Wildman–Crippen LogP) is 0.930. The van der Waals surface area contributed by atoms with Crippen molar-refractivity contribution in [2.45, 2.75) is 13.2 Å². The molecule has 0 saturated heterocycles. The fourth-order valence-corrected chi connectivity index (χ4v) is 1.19. The van der Waals surface area contributed by atoms with E-state index in [1.807, 2.05) is 7.85 Å². The molecule has 4 nitrogen and oxygen atoms in total. The predicted molar refractivity (Wildman–Crippen MR) is 55.3 cm³/mol. The van der Waals surface area contributed by atoms with Gasteiger partial charge in [-0.05, 0) is 18.6 Å². The first-order valence-electron chi connectivity index (χ1n) is 4.34. The van der Waals surface area contributed by atoms with Gasteiger partial charge in [-0.2, -0.15) is 0 Å². The molecule has 1 aromatic rings. The number of ketones is 1. The van der Waals surface area contributed by atoms with E-state index in [0.29, 0.717) is 11.9 Å². The highest BCUT2D eigenvalue weighted by atomic mass is 16.6. The molecule has 0 spiro atoms. The Bertz CT molecular complexity index is 357. The number of benzene rings is 1. The number of hydrogen-bond donors (Lipinski definition) is 0. The van der Waals surface area contributed by atoms with Gasteiger partial charge in [-0.25, -0.2) is 0 Å². The summed E-state index contributed by atoms with van der Waals surface area (Å²) in [6, 6.07) is 4.49. The molecule has 0 aliphatic rings. The number of hydrogen-bond acceptors (Lipinski definition) is 3. The Hall–Kier alpha value is -1.65. The molecule has 0 fully saturated rings. The van der Waals surface area contributed by atoms with Crippen LogP contribution in [0.2, 0.25) is 0 Å². The fourth-order valence-electron chi connectivity index (χ4n) is 1.19. The minimum atomic E-state index is -0.481. The quantitative estimate of drug-likeness (QED) is 0.309. The standard InChI is InChI=1S/C9H10BNO3/c1-6(12)8-2-7(5-10)3-9(4-8)11(13)14/h2-4H,5,10H2,1H3. The molecule has 1 aromatic carbocycles. The van der Waals surface area contributed by atoms with E-state index < -0.39 is 4.92 Å². The lowest BCUT2D eigenvalue weighted by Gasteiger charge is -2.00. The van der Waals surface area contributed by atoms with Gasteiger partial charge in [-0.15, -0.1) is 0 Å². The molecule has 72 valence electrons. The second-order valence-electron chi connectivity index (χ2n) is 3.05. The second-order valence-corrected chi connectivity index (χ2v) is 3.05. The minimum Gasteiger partial charge on any atom is -0.295 e. The maximum Gasteiger partial charge on any atom is 0.270 e. The van der Waals surface area contributed by atoms with E-state index in [9.17, 15) is 14.9 Å². The molecule has 0 atom stereocenters. The van der Waals surface area contributed by atoms with Gasteiger partial charge >= 0.3 is 0 Å². The molecule has 5 heteroatoms. The fraction of sp³-hybridized carbons (Fsp3) is 0.222. The van der Waals surface area contributed by atoms with Crippen molar-refractivity contribution in [1.29, 1.82) is 0 Å². The SMILES string of the molecule is BCc1cc(C(C)=O)cc([N+](=O)[O-])c1. The van der Waals surface area contributed by atoms with Crippen LogP contribution in [0.4, 0.5) is 5.69 Å². The van der Waals surface area contributed by atoms with Crippen molar-refractivity contribution in [3.8, 4) is 0 Å². The normalized spacial score (nSPS) is 9.79. The molecule has 0 unspecified atom stereocenters. The molecular formula is C9H10BNO3. The van der Waals surface area contributed by atoms with E-state index in [1.165, 1.54) is 19.1 Å². The second kappa shape index (κ2) is 4.04. The Morgan fingerprint density at radius 3 is 2.57 bits per heavy atom. The third kappa shape index (κ3) is 2.19. The molecule has 0 bridgehead atoms. The van der Waals surface area contributed by atoms with Gasteiger partial charge in [0.1, 0.15) is 7.85 Å². The summed E-state index contributed by atoms with van der Waals surface area (Å²) in [5.41, 5.74) is 1.19. The van der Waals surface area contributed by atoms with Crippen LogP contribution in [-0.4, -0.2) is 18.6 Å². The van der Waals surface area contributed by atoms with Crippen LogP contribution < -0.4 is 0 Å². The highest BCUT2D eigenvalue weighted by Crippen LogP contribution is 2.17. The Kier molecular flexibility index (Phi) is 3.01. The van der Waals surface area contributed by atoms with Crippen LogP contribution in [0.25, 0.3) is 0 Å². The zero-order valence-electron chi connectivity index (χ0n) is 8.11. The number of carbonyl (C=O) groups excluding carboxylic acids is 1. The zero-order chi connectivity index (χ0) is 10.7.